The number of likely N-dealkylation sites (tertiary alicyclic amines) is 1. The number of nitrogens with zero attached hydrogens (tertiary/aromatic N) is 2. The SMILES string of the molecule is CC1CCCCN1Cc1ccc(NC(=O)c2ccnc3ccccc23)cc1. The highest BCUT2D eigenvalue weighted by molar-refractivity contribution is 6.12. The molecule has 1 unspecified atom stereocenters. The lowest BCUT2D eigenvalue weighted by molar-refractivity contribution is 0.102. The number of carbonyl (C=O) groups excluding carboxylic acids is 1. The summed E-state index contributed by atoms with van der Waals surface area (Å²) in [7, 11) is 0. The second-order valence-corrected chi connectivity index (χ2v) is 7.34. The number of piperidine rings is 1. The Morgan fingerprint density at radius 1 is 1.11 bits per heavy atom. The van der Waals surface area contributed by atoms with E-state index in [2.05, 4.69) is 34.3 Å². The monoisotopic (exact) mass is 359 g/mol. The Labute approximate surface area is 160 Å². The van der Waals surface area contributed by atoms with Gasteiger partial charge in [0.15, 0.2) is 0 Å². The van der Waals surface area contributed by atoms with Crippen LogP contribution in [0.15, 0.2) is 60.8 Å². The van der Waals surface area contributed by atoms with Crippen molar-refractivity contribution in [1.82, 2.24) is 9.88 Å². The Kier molecular flexibility index (Phi) is 5.16. The molecule has 1 amide bonds. The van der Waals surface area contributed by atoms with Gasteiger partial charge >= 0.3 is 0 Å². The van der Waals surface area contributed by atoms with Crippen LogP contribution in [0.5, 0.6) is 0 Å². The van der Waals surface area contributed by atoms with Crippen molar-refractivity contribution >= 4 is 22.5 Å². The largest absolute Gasteiger partial charge is 0.322 e. The highest BCUT2D eigenvalue weighted by Gasteiger charge is 2.18. The van der Waals surface area contributed by atoms with Gasteiger partial charge in [0.25, 0.3) is 5.91 Å². The summed E-state index contributed by atoms with van der Waals surface area (Å²) < 4.78 is 0. The minimum Gasteiger partial charge on any atom is -0.322 e. The molecule has 3 aromatic rings. The number of rotatable bonds is 4. The minimum atomic E-state index is -0.106. The first-order chi connectivity index (χ1) is 13.2. The van der Waals surface area contributed by atoms with E-state index in [1.54, 1.807) is 12.3 Å². The number of amides is 1. The lowest BCUT2D eigenvalue weighted by Crippen LogP contribution is -2.36. The zero-order chi connectivity index (χ0) is 18.6. The van der Waals surface area contributed by atoms with Crippen molar-refractivity contribution < 1.29 is 4.79 Å². The van der Waals surface area contributed by atoms with Crippen LogP contribution in [0.2, 0.25) is 0 Å². The number of carbonyl (C=O) groups is 1. The first kappa shape index (κ1) is 17.7. The summed E-state index contributed by atoms with van der Waals surface area (Å²) in [5, 5.41) is 3.88. The number of hydrogen-bond acceptors (Lipinski definition) is 3. The summed E-state index contributed by atoms with van der Waals surface area (Å²) in [5.74, 6) is -0.106. The van der Waals surface area contributed by atoms with E-state index in [4.69, 9.17) is 0 Å². The lowest BCUT2D eigenvalue weighted by atomic mass is 10.0. The van der Waals surface area contributed by atoms with Gasteiger partial charge in [-0.2, -0.15) is 0 Å². The molecule has 1 aliphatic heterocycles. The molecule has 1 fully saturated rings. The predicted octanol–water partition coefficient (Wildman–Crippen LogP) is 4.86. The molecule has 0 saturated carbocycles. The molecule has 1 aromatic heterocycles. The average Bonchev–Trinajstić information content (AvgIpc) is 2.70. The molecule has 4 nitrogen and oxygen atoms in total. The first-order valence-corrected chi connectivity index (χ1v) is 9.69. The molecule has 1 saturated heterocycles. The number of nitrogens with one attached hydrogen (secondary N) is 1. The van der Waals surface area contributed by atoms with Crippen LogP contribution in [0.4, 0.5) is 5.69 Å². The Morgan fingerprint density at radius 3 is 2.74 bits per heavy atom. The number of pyridine rings is 1. The first-order valence-electron chi connectivity index (χ1n) is 9.69. The van der Waals surface area contributed by atoms with Crippen LogP contribution in [0.1, 0.15) is 42.1 Å². The van der Waals surface area contributed by atoms with Crippen LogP contribution < -0.4 is 5.32 Å². The van der Waals surface area contributed by atoms with Gasteiger partial charge in [-0.3, -0.25) is 14.7 Å². The molecular weight excluding hydrogens is 334 g/mol. The number of hydrogen-bond donors (Lipinski definition) is 1. The number of aromatic nitrogens is 1. The lowest BCUT2D eigenvalue weighted by Gasteiger charge is -2.33. The Balaban J connectivity index is 1.45. The molecular formula is C23H25N3O. The van der Waals surface area contributed by atoms with Gasteiger partial charge in [0, 0.05) is 29.9 Å². The zero-order valence-corrected chi connectivity index (χ0v) is 15.7. The number of fused-ring (bicyclic) bond motifs is 1. The summed E-state index contributed by atoms with van der Waals surface area (Å²) >= 11 is 0. The topological polar surface area (TPSA) is 45.2 Å². The number of benzene rings is 2. The summed E-state index contributed by atoms with van der Waals surface area (Å²) in [4.78, 5) is 19.6. The summed E-state index contributed by atoms with van der Waals surface area (Å²) in [5.41, 5.74) is 3.58. The molecule has 138 valence electrons. The van der Waals surface area contributed by atoms with Crippen LogP contribution in [0.25, 0.3) is 10.9 Å². The van der Waals surface area contributed by atoms with Gasteiger partial charge in [0.1, 0.15) is 0 Å². The predicted molar refractivity (Wildman–Crippen MR) is 110 cm³/mol. The highest BCUT2D eigenvalue weighted by Crippen LogP contribution is 2.21. The van der Waals surface area contributed by atoms with Gasteiger partial charge in [-0.15, -0.1) is 0 Å². The third kappa shape index (κ3) is 4.01. The molecule has 4 rings (SSSR count). The molecule has 1 aliphatic rings. The second kappa shape index (κ2) is 7.89. The van der Waals surface area contributed by atoms with Gasteiger partial charge in [0.05, 0.1) is 11.1 Å². The molecule has 1 N–H and O–H groups in total. The van der Waals surface area contributed by atoms with Crippen molar-refractivity contribution in [2.75, 3.05) is 11.9 Å². The van der Waals surface area contributed by atoms with Gasteiger partial charge < -0.3 is 5.32 Å². The Hall–Kier alpha value is -2.72. The number of para-hydroxylation sites is 1. The quantitative estimate of drug-likeness (QED) is 0.723. The molecule has 1 atom stereocenters. The molecule has 0 spiro atoms. The van der Waals surface area contributed by atoms with Gasteiger partial charge in [-0.05, 0) is 56.1 Å². The third-order valence-electron chi connectivity index (χ3n) is 5.43. The van der Waals surface area contributed by atoms with E-state index >= 15 is 0 Å². The number of anilines is 1. The van der Waals surface area contributed by atoms with Crippen molar-refractivity contribution in [3.63, 3.8) is 0 Å². The van der Waals surface area contributed by atoms with Crippen LogP contribution in [0, 0.1) is 0 Å². The van der Waals surface area contributed by atoms with Crippen molar-refractivity contribution in [3.8, 4) is 0 Å². The van der Waals surface area contributed by atoms with Gasteiger partial charge in [0.2, 0.25) is 0 Å². The van der Waals surface area contributed by atoms with E-state index in [9.17, 15) is 4.79 Å². The van der Waals surface area contributed by atoms with Crippen LogP contribution in [-0.4, -0.2) is 28.4 Å². The van der Waals surface area contributed by atoms with E-state index in [-0.39, 0.29) is 5.91 Å². The van der Waals surface area contributed by atoms with E-state index in [1.165, 1.54) is 31.4 Å². The maximum Gasteiger partial charge on any atom is 0.256 e. The van der Waals surface area contributed by atoms with Crippen molar-refractivity contribution in [2.24, 2.45) is 0 Å². The fourth-order valence-electron chi connectivity index (χ4n) is 3.81. The molecule has 0 bridgehead atoms. The van der Waals surface area contributed by atoms with Crippen LogP contribution >= 0.6 is 0 Å². The highest BCUT2D eigenvalue weighted by atomic mass is 16.1. The summed E-state index contributed by atoms with van der Waals surface area (Å²) in [6, 6.07) is 18.3. The maximum atomic E-state index is 12.7. The van der Waals surface area contributed by atoms with E-state index in [0.717, 1.165) is 23.1 Å². The third-order valence-corrected chi connectivity index (χ3v) is 5.43. The molecule has 2 aromatic carbocycles. The Bertz CT molecular complexity index is 931. The molecule has 0 radical (unpaired) electrons. The Morgan fingerprint density at radius 2 is 1.93 bits per heavy atom. The minimum absolute atomic E-state index is 0.106. The molecule has 27 heavy (non-hydrogen) atoms. The van der Waals surface area contributed by atoms with Gasteiger partial charge in [-0.25, -0.2) is 0 Å². The average molecular weight is 359 g/mol. The van der Waals surface area contributed by atoms with Crippen molar-refractivity contribution in [3.05, 3.63) is 71.9 Å². The fraction of sp³-hybridized carbons (Fsp3) is 0.304. The van der Waals surface area contributed by atoms with Crippen LogP contribution in [0.3, 0.4) is 0 Å². The smallest absolute Gasteiger partial charge is 0.256 e. The maximum absolute atomic E-state index is 12.7. The normalized spacial score (nSPS) is 17.7. The standard InChI is InChI=1S/C23H25N3O/c1-17-6-4-5-15-26(17)16-18-9-11-19(12-10-18)25-23(27)21-13-14-24-22-8-3-2-7-20(21)22/h2-3,7-14,17H,4-6,15-16H2,1H3,(H,25,27). The van der Waals surface area contributed by atoms with E-state index in [1.807, 2.05) is 36.4 Å². The molecule has 0 aliphatic carbocycles. The van der Waals surface area contributed by atoms with Gasteiger partial charge in [-0.1, -0.05) is 36.8 Å². The van der Waals surface area contributed by atoms with Crippen molar-refractivity contribution in [1.29, 1.82) is 0 Å². The zero-order valence-electron chi connectivity index (χ0n) is 15.7. The van der Waals surface area contributed by atoms with E-state index < -0.39 is 0 Å². The summed E-state index contributed by atoms with van der Waals surface area (Å²) in [6.07, 6.45) is 5.60. The molecule has 4 heteroatoms. The van der Waals surface area contributed by atoms with E-state index in [0.29, 0.717) is 11.6 Å². The second-order valence-electron chi connectivity index (χ2n) is 7.34. The fourth-order valence-corrected chi connectivity index (χ4v) is 3.81. The van der Waals surface area contributed by atoms with Crippen LogP contribution in [-0.2, 0) is 6.54 Å². The molecule has 2 heterocycles. The van der Waals surface area contributed by atoms with Crippen molar-refractivity contribution in [2.45, 2.75) is 38.8 Å². The summed E-state index contributed by atoms with van der Waals surface area (Å²) in [6.45, 7) is 4.46.